The summed E-state index contributed by atoms with van der Waals surface area (Å²) in [7, 11) is 1.59. The van der Waals surface area contributed by atoms with E-state index in [9.17, 15) is 19.2 Å². The minimum atomic E-state index is -0.692. The fourth-order valence-corrected chi connectivity index (χ4v) is 4.22. The van der Waals surface area contributed by atoms with Crippen LogP contribution in [0.15, 0.2) is 48.7 Å². The average molecular weight is 444 g/mol. The van der Waals surface area contributed by atoms with Gasteiger partial charge in [0, 0.05) is 35.5 Å². The lowest BCUT2D eigenvalue weighted by molar-refractivity contribution is -0.136. The molecule has 0 spiro atoms. The highest BCUT2D eigenvalue weighted by Gasteiger charge is 2.39. The second-order valence-corrected chi connectivity index (χ2v) is 8.01. The van der Waals surface area contributed by atoms with E-state index in [4.69, 9.17) is 4.74 Å². The lowest BCUT2D eigenvalue weighted by atomic mass is 10.0. The molecule has 0 aliphatic carbocycles. The molecule has 3 heterocycles. The zero-order valence-electron chi connectivity index (χ0n) is 17.8. The highest BCUT2D eigenvalue weighted by atomic mass is 16.5. The van der Waals surface area contributed by atoms with Gasteiger partial charge in [-0.2, -0.15) is 0 Å². The van der Waals surface area contributed by atoms with Gasteiger partial charge in [0.25, 0.3) is 11.8 Å². The van der Waals surface area contributed by atoms with Crippen LogP contribution in [0.5, 0.6) is 5.75 Å². The van der Waals surface area contributed by atoms with Gasteiger partial charge in [-0.15, -0.1) is 0 Å². The van der Waals surface area contributed by atoms with Crippen molar-refractivity contribution in [1.82, 2.24) is 15.2 Å². The number of rotatable bonds is 4. The summed E-state index contributed by atoms with van der Waals surface area (Å²) in [5, 5.41) is 5.97. The number of benzene rings is 2. The molecule has 1 aromatic heterocycles. The van der Waals surface area contributed by atoms with Crippen LogP contribution >= 0.6 is 0 Å². The van der Waals surface area contributed by atoms with Crippen LogP contribution < -0.4 is 15.4 Å². The molecule has 33 heavy (non-hydrogen) atoms. The number of hydrogen-bond donors (Lipinski definition) is 2. The summed E-state index contributed by atoms with van der Waals surface area (Å²) in [6.45, 7) is 0.209. The first-order chi connectivity index (χ1) is 15.9. The summed E-state index contributed by atoms with van der Waals surface area (Å²) >= 11 is 0. The van der Waals surface area contributed by atoms with Crippen molar-refractivity contribution in [1.29, 1.82) is 0 Å². The van der Waals surface area contributed by atoms with Crippen LogP contribution in [0.25, 0.3) is 10.9 Å². The van der Waals surface area contributed by atoms with Gasteiger partial charge < -0.3 is 15.0 Å². The van der Waals surface area contributed by atoms with Gasteiger partial charge in [-0.25, -0.2) is 0 Å². The minimum Gasteiger partial charge on any atom is -0.497 e. The number of hydrogen-bond acceptors (Lipinski definition) is 6. The Hall–Kier alpha value is -4.27. The first-order valence-corrected chi connectivity index (χ1v) is 10.5. The minimum absolute atomic E-state index is 0.191. The molecule has 4 amide bonds. The third kappa shape index (κ3) is 3.78. The molecule has 0 saturated carbocycles. The quantitative estimate of drug-likeness (QED) is 0.596. The molecule has 2 aromatic carbocycles. The normalized spacial score (nSPS) is 17.7. The van der Waals surface area contributed by atoms with E-state index < -0.39 is 11.9 Å². The Kier molecular flexibility index (Phi) is 5.01. The molecule has 1 fully saturated rings. The largest absolute Gasteiger partial charge is 0.497 e. The Labute approximate surface area is 188 Å². The SMILES string of the molecule is COc1ccc2cc(NC(=O)c3ccc4c(c3)CN(C3CCC(=O)NC3=O)C4=O)cnc2c1. The number of nitrogens with one attached hydrogen (secondary N) is 2. The number of anilines is 1. The summed E-state index contributed by atoms with van der Waals surface area (Å²) in [4.78, 5) is 55.1. The highest BCUT2D eigenvalue weighted by molar-refractivity contribution is 6.08. The number of ether oxygens (including phenoxy) is 1. The number of imide groups is 1. The molecule has 9 nitrogen and oxygen atoms in total. The molecule has 2 N–H and O–H groups in total. The monoisotopic (exact) mass is 444 g/mol. The van der Waals surface area contributed by atoms with Gasteiger partial charge in [-0.3, -0.25) is 29.5 Å². The molecule has 2 aliphatic rings. The topological polar surface area (TPSA) is 118 Å². The molecule has 1 saturated heterocycles. The molecule has 0 bridgehead atoms. The van der Waals surface area contributed by atoms with Gasteiger partial charge in [0.05, 0.1) is 24.5 Å². The van der Waals surface area contributed by atoms with Gasteiger partial charge >= 0.3 is 0 Å². The van der Waals surface area contributed by atoms with E-state index in [1.807, 2.05) is 24.3 Å². The molecule has 0 radical (unpaired) electrons. The lowest BCUT2D eigenvalue weighted by Crippen LogP contribution is -2.52. The summed E-state index contributed by atoms with van der Waals surface area (Å²) in [5.41, 5.74) is 2.80. The maximum Gasteiger partial charge on any atom is 0.255 e. The van der Waals surface area contributed by atoms with Gasteiger partial charge in [-0.1, -0.05) is 0 Å². The number of amides is 4. The van der Waals surface area contributed by atoms with Crippen molar-refractivity contribution in [3.05, 3.63) is 65.4 Å². The Bertz CT molecular complexity index is 1340. The van der Waals surface area contributed by atoms with Gasteiger partial charge in [0.1, 0.15) is 11.8 Å². The zero-order chi connectivity index (χ0) is 23.1. The first-order valence-electron chi connectivity index (χ1n) is 10.5. The predicted molar refractivity (Wildman–Crippen MR) is 119 cm³/mol. The van der Waals surface area contributed by atoms with Crippen LogP contribution in [0.3, 0.4) is 0 Å². The Balaban J connectivity index is 1.33. The van der Waals surface area contributed by atoms with E-state index in [0.29, 0.717) is 34.5 Å². The Morgan fingerprint density at radius 3 is 2.79 bits per heavy atom. The van der Waals surface area contributed by atoms with E-state index in [1.54, 1.807) is 31.5 Å². The Morgan fingerprint density at radius 1 is 1.15 bits per heavy atom. The van der Waals surface area contributed by atoms with Crippen molar-refractivity contribution >= 4 is 40.2 Å². The van der Waals surface area contributed by atoms with Crippen molar-refractivity contribution in [2.75, 3.05) is 12.4 Å². The van der Waals surface area contributed by atoms with E-state index in [2.05, 4.69) is 15.6 Å². The summed E-state index contributed by atoms with van der Waals surface area (Å²) in [5.74, 6) is -0.709. The first kappa shape index (κ1) is 20.6. The van der Waals surface area contributed by atoms with Crippen LogP contribution in [0.2, 0.25) is 0 Å². The maximum atomic E-state index is 12.8. The van der Waals surface area contributed by atoms with Crippen LogP contribution in [-0.4, -0.2) is 46.7 Å². The molecular formula is C24H20N4O5. The number of pyridine rings is 1. The molecular weight excluding hydrogens is 424 g/mol. The standard InChI is InChI=1S/C24H20N4O5/c1-33-17-4-2-13-9-16(11-25-19(13)10-17)26-22(30)14-3-5-18-15(8-14)12-28(24(18)32)20-6-7-21(29)27-23(20)31/h2-5,8-11,20H,6-7,12H2,1H3,(H,26,30)(H,27,29,31). The molecule has 9 heteroatoms. The van der Waals surface area contributed by atoms with Crippen LogP contribution in [0.4, 0.5) is 5.69 Å². The fourth-order valence-electron chi connectivity index (χ4n) is 4.22. The second kappa shape index (κ2) is 8.01. The van der Waals surface area contributed by atoms with E-state index in [-0.39, 0.29) is 30.7 Å². The summed E-state index contributed by atoms with van der Waals surface area (Å²) in [6, 6.07) is 11.5. The molecule has 2 aliphatic heterocycles. The molecule has 3 aromatic rings. The summed E-state index contributed by atoms with van der Waals surface area (Å²) in [6.07, 6.45) is 2.05. The lowest BCUT2D eigenvalue weighted by Gasteiger charge is -2.29. The van der Waals surface area contributed by atoms with E-state index >= 15 is 0 Å². The molecule has 5 rings (SSSR count). The smallest absolute Gasteiger partial charge is 0.255 e. The maximum absolute atomic E-state index is 12.8. The number of carbonyl (C=O) groups is 4. The van der Waals surface area contributed by atoms with Crippen molar-refractivity contribution in [3.8, 4) is 5.75 Å². The Morgan fingerprint density at radius 2 is 2.00 bits per heavy atom. The molecule has 1 atom stereocenters. The van der Waals surface area contributed by atoms with Crippen molar-refractivity contribution in [2.24, 2.45) is 0 Å². The number of carbonyl (C=O) groups excluding carboxylic acids is 4. The number of fused-ring (bicyclic) bond motifs is 2. The van der Waals surface area contributed by atoms with Gasteiger partial charge in [0.15, 0.2) is 0 Å². The van der Waals surface area contributed by atoms with E-state index in [0.717, 1.165) is 10.9 Å². The highest BCUT2D eigenvalue weighted by Crippen LogP contribution is 2.29. The fraction of sp³-hybridized carbons (Fsp3) is 0.208. The van der Waals surface area contributed by atoms with Gasteiger partial charge in [0.2, 0.25) is 11.8 Å². The number of methoxy groups -OCH3 is 1. The van der Waals surface area contributed by atoms with Crippen LogP contribution in [0, 0.1) is 0 Å². The van der Waals surface area contributed by atoms with Gasteiger partial charge in [-0.05, 0) is 48.4 Å². The van der Waals surface area contributed by atoms with E-state index in [1.165, 1.54) is 4.90 Å². The number of nitrogens with zero attached hydrogens (tertiary/aromatic N) is 2. The van der Waals surface area contributed by atoms with Crippen LogP contribution in [-0.2, 0) is 16.1 Å². The average Bonchev–Trinajstić information content (AvgIpc) is 3.14. The van der Waals surface area contributed by atoms with Crippen molar-refractivity contribution < 1.29 is 23.9 Å². The van der Waals surface area contributed by atoms with Crippen LogP contribution in [0.1, 0.15) is 39.1 Å². The van der Waals surface area contributed by atoms with Crippen molar-refractivity contribution in [3.63, 3.8) is 0 Å². The third-order valence-corrected chi connectivity index (χ3v) is 5.93. The second-order valence-electron chi connectivity index (χ2n) is 8.01. The number of piperidine rings is 1. The predicted octanol–water partition coefficient (Wildman–Crippen LogP) is 2.26. The molecule has 1 unspecified atom stereocenters. The summed E-state index contributed by atoms with van der Waals surface area (Å²) < 4.78 is 5.20. The zero-order valence-corrected chi connectivity index (χ0v) is 17.8. The van der Waals surface area contributed by atoms with Crippen molar-refractivity contribution in [2.45, 2.75) is 25.4 Å². The molecule has 166 valence electrons. The number of aromatic nitrogens is 1. The third-order valence-electron chi connectivity index (χ3n) is 5.93.